The smallest absolute Gasteiger partial charge is 0.458 e. The number of likely N-dealkylation sites (N-methyl/N-ethyl adjacent to an activating group) is 1. The number of ether oxygens (including phenoxy) is 2. The van der Waals surface area contributed by atoms with Crippen molar-refractivity contribution in [1.82, 2.24) is 10.2 Å². The van der Waals surface area contributed by atoms with Crippen molar-refractivity contribution in [2.75, 3.05) is 33.4 Å². The van der Waals surface area contributed by atoms with Gasteiger partial charge in [-0.2, -0.15) is 0 Å². The molecule has 2 aliphatic heterocycles. The van der Waals surface area contributed by atoms with Crippen molar-refractivity contribution < 1.29 is 38.0 Å². The Bertz CT molecular complexity index is 2200. The molecule has 4 fully saturated rings. The van der Waals surface area contributed by atoms with E-state index in [2.05, 4.69) is 33.0 Å². The van der Waals surface area contributed by atoms with Gasteiger partial charge in [-0.05, 0) is 116 Å². The van der Waals surface area contributed by atoms with Crippen LogP contribution in [-0.2, 0) is 36.5 Å². The molecule has 6 bridgehead atoms. The fraction of sp³-hybridized carbons (Fsp3) is 0.585. The zero-order valence-electron chi connectivity index (χ0n) is 40.2. The monoisotopic (exact) mass is 905 g/mol. The highest BCUT2D eigenvalue weighted by Crippen LogP contribution is 2.65. The van der Waals surface area contributed by atoms with Crippen LogP contribution in [0, 0.1) is 23.2 Å². The van der Waals surface area contributed by atoms with Gasteiger partial charge in [-0.25, -0.2) is 0 Å². The van der Waals surface area contributed by atoms with E-state index in [0.717, 1.165) is 36.8 Å². The van der Waals surface area contributed by atoms with Gasteiger partial charge in [0.1, 0.15) is 30.8 Å². The second-order valence-electron chi connectivity index (χ2n) is 20.1. The Kier molecular flexibility index (Phi) is 16.2. The molecule has 2 amide bonds. The molecule has 8 rings (SSSR count). The third-order valence-electron chi connectivity index (χ3n) is 15.2. The second kappa shape index (κ2) is 21.6. The normalized spacial score (nSPS) is 25.5. The third-order valence-corrected chi connectivity index (χ3v) is 15.2. The van der Waals surface area contributed by atoms with E-state index in [0.29, 0.717) is 51.9 Å². The summed E-state index contributed by atoms with van der Waals surface area (Å²) in [6.45, 7) is 11.7. The number of Topliss-reactive ketones (excluding diaryl/α,β-unsaturated/α-hetero) is 2. The van der Waals surface area contributed by atoms with Gasteiger partial charge in [0.2, 0.25) is 5.91 Å². The third kappa shape index (κ3) is 10.7. The Labute approximate surface area is 392 Å². The average molecular weight is 905 g/mol. The molecular weight excluding hydrogens is 831 g/mol. The molecule has 12 nitrogen and oxygen atoms in total. The summed E-state index contributed by atoms with van der Waals surface area (Å²) < 4.78 is 25.5. The van der Waals surface area contributed by atoms with Crippen LogP contribution in [0.2, 0.25) is 6.32 Å². The minimum Gasteiger partial charge on any atom is -0.492 e. The maximum absolute atomic E-state index is 14.7. The number of nitrogens with one attached hydrogen (secondary N) is 1. The maximum Gasteiger partial charge on any atom is 0.458 e. The van der Waals surface area contributed by atoms with Gasteiger partial charge in [0.05, 0.1) is 17.7 Å². The van der Waals surface area contributed by atoms with Crippen LogP contribution in [0.25, 0.3) is 11.1 Å². The number of amides is 2. The fourth-order valence-corrected chi connectivity index (χ4v) is 11.1. The van der Waals surface area contributed by atoms with Crippen LogP contribution in [0.1, 0.15) is 132 Å². The molecule has 5 aliphatic rings. The van der Waals surface area contributed by atoms with Crippen molar-refractivity contribution in [2.24, 2.45) is 34.6 Å². The Balaban J connectivity index is 1.18. The average Bonchev–Trinajstić information content (AvgIpc) is 3.66. The number of benzene rings is 3. The SMILES string of the molecule is CCCCCCCCc1ccc(C(=O)N(C)[C@@H]2C(=O)C[C@@H](C)C(=O)N[C@H](C(=O)CCB3O[C@@H]4C[C@@H]5C[C@@H](C5(C)C)[C@]4(C)O3)Cc3ccc(OCCN)c(c3)-c3cc2ccc3OCCN)cc1. The Morgan fingerprint density at radius 1 is 0.864 bits per heavy atom. The molecule has 66 heavy (non-hydrogen) atoms. The Morgan fingerprint density at radius 2 is 1.53 bits per heavy atom. The number of carbonyl (C=O) groups excluding carboxylic acids is 4. The molecule has 1 saturated heterocycles. The van der Waals surface area contributed by atoms with Gasteiger partial charge < -0.3 is 40.5 Å². The topological polar surface area (TPSA) is 173 Å². The Hall–Kier alpha value is -4.56. The summed E-state index contributed by atoms with van der Waals surface area (Å²) in [5, 5.41) is 3.04. The summed E-state index contributed by atoms with van der Waals surface area (Å²) in [7, 11) is 1.11. The molecule has 5 N–H and O–H groups in total. The van der Waals surface area contributed by atoms with Gasteiger partial charge in [-0.15, -0.1) is 0 Å². The summed E-state index contributed by atoms with van der Waals surface area (Å²) in [5.74, 6) is -0.0118. The summed E-state index contributed by atoms with van der Waals surface area (Å²) in [6, 6.07) is 16.8. The molecule has 0 radical (unpaired) electrons. The summed E-state index contributed by atoms with van der Waals surface area (Å²) in [5.41, 5.74) is 15.8. The van der Waals surface area contributed by atoms with Crippen LogP contribution in [-0.4, -0.2) is 86.5 Å². The van der Waals surface area contributed by atoms with Crippen molar-refractivity contribution in [3.63, 3.8) is 0 Å². The second-order valence-corrected chi connectivity index (χ2v) is 20.1. The molecule has 3 aliphatic carbocycles. The minimum absolute atomic E-state index is 0.00379. The molecule has 3 aromatic carbocycles. The van der Waals surface area contributed by atoms with Gasteiger partial charge in [0, 0.05) is 55.6 Å². The molecule has 2 heterocycles. The van der Waals surface area contributed by atoms with E-state index >= 15 is 0 Å². The lowest BCUT2D eigenvalue weighted by molar-refractivity contribution is -0.199. The standard InChI is InChI=1S/C53H73BN4O8/c1-7-8-9-10-11-12-13-35-14-17-37(18-15-35)51(62)58(6)49-38-19-21-46(64-27-25-56)41(31-38)40-29-36(16-20-45(40)63-26-24-55)30-42(57-50(61)34(2)28-44(49)60)43(59)22-23-54-65-48-33-39-32-47(52(39,3)4)53(48,5)66-54/h14-21,29,31,34,39,42,47-49H,7-13,22-28,30,32-33,55-56H2,1-6H3,(H,57,61)/t34-,39+,42+,47+,48-,49+,53+/m1/s1. The lowest BCUT2D eigenvalue weighted by Crippen LogP contribution is -2.65. The van der Waals surface area contributed by atoms with E-state index in [1.54, 1.807) is 26.1 Å². The number of fused-ring (bicyclic) bond motifs is 5. The van der Waals surface area contributed by atoms with Crippen LogP contribution >= 0.6 is 0 Å². The van der Waals surface area contributed by atoms with Crippen molar-refractivity contribution in [2.45, 2.75) is 142 Å². The minimum atomic E-state index is -1.07. The summed E-state index contributed by atoms with van der Waals surface area (Å²) in [4.78, 5) is 59.1. The van der Waals surface area contributed by atoms with E-state index in [1.165, 1.54) is 37.0 Å². The lowest BCUT2D eigenvalue weighted by atomic mass is 9.43. The van der Waals surface area contributed by atoms with Crippen molar-refractivity contribution in [1.29, 1.82) is 0 Å². The molecule has 0 spiro atoms. The molecule has 3 saturated carbocycles. The highest BCUT2D eigenvalue weighted by Gasteiger charge is 2.67. The van der Waals surface area contributed by atoms with Gasteiger partial charge in [-0.3, -0.25) is 19.2 Å². The first-order chi connectivity index (χ1) is 31.7. The van der Waals surface area contributed by atoms with E-state index in [-0.39, 0.29) is 74.6 Å². The van der Waals surface area contributed by atoms with Crippen LogP contribution in [0.15, 0.2) is 60.7 Å². The lowest BCUT2D eigenvalue weighted by Gasteiger charge is -2.64. The predicted molar refractivity (Wildman–Crippen MR) is 258 cm³/mol. The summed E-state index contributed by atoms with van der Waals surface area (Å²) in [6.07, 6.45) is 10.7. The highest BCUT2D eigenvalue weighted by atomic mass is 16.7. The van der Waals surface area contributed by atoms with Crippen LogP contribution in [0.3, 0.4) is 0 Å². The van der Waals surface area contributed by atoms with Gasteiger partial charge in [-0.1, -0.05) is 84.1 Å². The number of nitrogens with zero attached hydrogens (tertiary/aromatic N) is 1. The van der Waals surface area contributed by atoms with Gasteiger partial charge in [0.25, 0.3) is 5.91 Å². The molecular formula is C53H73BN4O8. The van der Waals surface area contributed by atoms with Crippen molar-refractivity contribution in [3.05, 3.63) is 82.9 Å². The number of carbonyl (C=O) groups is 4. The number of aryl methyl sites for hydroxylation is 1. The first kappa shape index (κ1) is 49.4. The fourth-order valence-electron chi connectivity index (χ4n) is 11.1. The van der Waals surface area contributed by atoms with E-state index in [1.807, 2.05) is 48.5 Å². The quantitative estimate of drug-likeness (QED) is 0.0789. The number of hydrogen-bond acceptors (Lipinski definition) is 10. The van der Waals surface area contributed by atoms with E-state index in [4.69, 9.17) is 30.2 Å². The van der Waals surface area contributed by atoms with Crippen LogP contribution in [0.5, 0.6) is 11.5 Å². The van der Waals surface area contributed by atoms with Crippen molar-refractivity contribution in [3.8, 4) is 22.6 Å². The van der Waals surface area contributed by atoms with Gasteiger partial charge in [0.15, 0.2) is 11.6 Å². The zero-order chi connectivity index (χ0) is 47.2. The molecule has 0 aromatic heterocycles. The van der Waals surface area contributed by atoms with Crippen LogP contribution < -0.4 is 26.3 Å². The van der Waals surface area contributed by atoms with Crippen LogP contribution in [0.4, 0.5) is 0 Å². The van der Waals surface area contributed by atoms with E-state index < -0.39 is 36.6 Å². The van der Waals surface area contributed by atoms with E-state index in [9.17, 15) is 19.2 Å². The first-order valence-electron chi connectivity index (χ1n) is 24.7. The molecule has 13 heteroatoms. The number of unbranched alkanes of at least 4 members (excludes halogenated alkanes) is 5. The highest BCUT2D eigenvalue weighted by molar-refractivity contribution is 6.45. The number of ketones is 2. The largest absolute Gasteiger partial charge is 0.492 e. The predicted octanol–water partition coefficient (Wildman–Crippen LogP) is 8.07. The number of hydrogen-bond donors (Lipinski definition) is 3. The van der Waals surface area contributed by atoms with Crippen molar-refractivity contribution >= 4 is 30.5 Å². The summed E-state index contributed by atoms with van der Waals surface area (Å²) >= 11 is 0. The first-order valence-corrected chi connectivity index (χ1v) is 24.7. The molecule has 3 aromatic rings. The molecule has 0 unspecified atom stereocenters. The Morgan fingerprint density at radius 3 is 2.21 bits per heavy atom. The molecule has 356 valence electrons. The molecule has 7 atom stereocenters. The van der Waals surface area contributed by atoms with Gasteiger partial charge >= 0.3 is 7.12 Å². The number of rotatable bonds is 19. The maximum atomic E-state index is 14.7. The zero-order valence-corrected chi connectivity index (χ0v) is 40.2. The number of nitrogens with two attached hydrogens (primary N) is 2.